The molecule has 1 aliphatic heterocycles. The minimum Gasteiger partial charge on any atom is -0.390 e. The second-order valence-electron chi connectivity index (χ2n) is 6.44. The largest absolute Gasteiger partial charge is 0.390 e. The maximum Gasteiger partial charge on any atom is 0.0961 e. The molecule has 1 fully saturated rings. The fourth-order valence-corrected chi connectivity index (χ4v) is 2.53. The van der Waals surface area contributed by atoms with Gasteiger partial charge in [0.25, 0.3) is 0 Å². The van der Waals surface area contributed by atoms with Crippen LogP contribution in [0.15, 0.2) is 0 Å². The third-order valence-electron chi connectivity index (χ3n) is 3.58. The molecule has 0 saturated carbocycles. The van der Waals surface area contributed by atoms with Gasteiger partial charge in [0.15, 0.2) is 0 Å². The molecule has 0 aromatic rings. The SMILES string of the molecule is CC(C)CCCN1CCOC(C(O)CC(C)C)C1. The summed E-state index contributed by atoms with van der Waals surface area (Å²) in [6, 6.07) is 0. The Kier molecular flexibility index (Phi) is 7.20. The first-order valence-electron chi connectivity index (χ1n) is 7.51. The summed E-state index contributed by atoms with van der Waals surface area (Å²) in [6.07, 6.45) is 3.09. The number of nitrogens with zero attached hydrogens (tertiary/aromatic N) is 1. The van der Waals surface area contributed by atoms with Crippen LogP contribution in [0.3, 0.4) is 0 Å². The second kappa shape index (κ2) is 8.13. The molecule has 1 saturated heterocycles. The lowest BCUT2D eigenvalue weighted by atomic mass is 10.0. The summed E-state index contributed by atoms with van der Waals surface area (Å²) in [5.41, 5.74) is 0. The topological polar surface area (TPSA) is 32.7 Å². The van der Waals surface area contributed by atoms with E-state index in [1.54, 1.807) is 0 Å². The molecule has 3 heteroatoms. The summed E-state index contributed by atoms with van der Waals surface area (Å²) in [6.45, 7) is 12.7. The van der Waals surface area contributed by atoms with Crippen LogP contribution in [0.2, 0.25) is 0 Å². The molecule has 0 aliphatic carbocycles. The van der Waals surface area contributed by atoms with Crippen LogP contribution in [0.5, 0.6) is 0 Å². The van der Waals surface area contributed by atoms with Gasteiger partial charge >= 0.3 is 0 Å². The molecule has 0 radical (unpaired) electrons. The predicted molar refractivity (Wildman–Crippen MR) is 75.7 cm³/mol. The Morgan fingerprint density at radius 1 is 1.22 bits per heavy atom. The molecule has 2 atom stereocenters. The van der Waals surface area contributed by atoms with Crippen molar-refractivity contribution in [2.24, 2.45) is 11.8 Å². The van der Waals surface area contributed by atoms with E-state index >= 15 is 0 Å². The van der Waals surface area contributed by atoms with Gasteiger partial charge in [0.05, 0.1) is 18.8 Å². The number of hydrogen-bond acceptors (Lipinski definition) is 3. The van der Waals surface area contributed by atoms with E-state index in [0.29, 0.717) is 5.92 Å². The second-order valence-corrected chi connectivity index (χ2v) is 6.44. The maximum absolute atomic E-state index is 10.1. The van der Waals surface area contributed by atoms with Gasteiger partial charge in [-0.3, -0.25) is 4.90 Å². The third kappa shape index (κ3) is 6.17. The molecule has 0 aromatic carbocycles. The fourth-order valence-electron chi connectivity index (χ4n) is 2.53. The van der Waals surface area contributed by atoms with Crippen molar-refractivity contribution >= 4 is 0 Å². The Morgan fingerprint density at radius 2 is 1.94 bits per heavy atom. The van der Waals surface area contributed by atoms with Crippen LogP contribution < -0.4 is 0 Å². The zero-order valence-electron chi connectivity index (χ0n) is 12.6. The van der Waals surface area contributed by atoms with Crippen LogP contribution in [-0.2, 0) is 4.74 Å². The Hall–Kier alpha value is -0.120. The monoisotopic (exact) mass is 257 g/mol. The molecule has 2 unspecified atom stereocenters. The van der Waals surface area contributed by atoms with Crippen LogP contribution in [0.4, 0.5) is 0 Å². The van der Waals surface area contributed by atoms with E-state index in [1.165, 1.54) is 12.8 Å². The number of rotatable bonds is 7. The van der Waals surface area contributed by atoms with E-state index < -0.39 is 0 Å². The minimum atomic E-state index is -0.308. The molecule has 0 bridgehead atoms. The van der Waals surface area contributed by atoms with E-state index in [9.17, 15) is 5.11 Å². The minimum absolute atomic E-state index is 0.0141. The summed E-state index contributed by atoms with van der Waals surface area (Å²) >= 11 is 0. The Morgan fingerprint density at radius 3 is 2.56 bits per heavy atom. The summed E-state index contributed by atoms with van der Waals surface area (Å²) in [7, 11) is 0. The van der Waals surface area contributed by atoms with Gasteiger partial charge in [-0.25, -0.2) is 0 Å². The zero-order chi connectivity index (χ0) is 13.5. The van der Waals surface area contributed by atoms with Crippen molar-refractivity contribution in [1.29, 1.82) is 0 Å². The average molecular weight is 257 g/mol. The van der Waals surface area contributed by atoms with Crippen LogP contribution >= 0.6 is 0 Å². The van der Waals surface area contributed by atoms with Crippen molar-refractivity contribution in [1.82, 2.24) is 4.90 Å². The van der Waals surface area contributed by atoms with Gasteiger partial charge in [0, 0.05) is 13.1 Å². The first-order valence-corrected chi connectivity index (χ1v) is 7.51. The van der Waals surface area contributed by atoms with Crippen molar-refractivity contribution in [3.05, 3.63) is 0 Å². The van der Waals surface area contributed by atoms with Gasteiger partial charge < -0.3 is 9.84 Å². The number of ether oxygens (including phenoxy) is 1. The highest BCUT2D eigenvalue weighted by Crippen LogP contribution is 2.16. The molecule has 108 valence electrons. The molecule has 0 amide bonds. The van der Waals surface area contributed by atoms with E-state index in [-0.39, 0.29) is 12.2 Å². The summed E-state index contributed by atoms with van der Waals surface area (Å²) in [5.74, 6) is 1.31. The lowest BCUT2D eigenvalue weighted by molar-refractivity contribution is -0.0933. The highest BCUT2D eigenvalue weighted by molar-refractivity contribution is 4.78. The van der Waals surface area contributed by atoms with Crippen molar-refractivity contribution < 1.29 is 9.84 Å². The summed E-state index contributed by atoms with van der Waals surface area (Å²) in [4.78, 5) is 2.44. The van der Waals surface area contributed by atoms with Crippen molar-refractivity contribution in [2.45, 2.75) is 59.2 Å². The molecule has 18 heavy (non-hydrogen) atoms. The smallest absolute Gasteiger partial charge is 0.0961 e. The Labute approximate surface area is 113 Å². The summed E-state index contributed by atoms with van der Waals surface area (Å²) < 4.78 is 5.71. The van der Waals surface area contributed by atoms with Gasteiger partial charge in [-0.2, -0.15) is 0 Å². The molecule has 0 aromatic heterocycles. The maximum atomic E-state index is 10.1. The van der Waals surface area contributed by atoms with E-state index in [0.717, 1.165) is 38.6 Å². The van der Waals surface area contributed by atoms with E-state index in [1.807, 2.05) is 0 Å². The van der Waals surface area contributed by atoms with Crippen molar-refractivity contribution in [3.63, 3.8) is 0 Å². The van der Waals surface area contributed by atoms with Crippen LogP contribution in [0.25, 0.3) is 0 Å². The van der Waals surface area contributed by atoms with Crippen molar-refractivity contribution in [2.75, 3.05) is 26.2 Å². The van der Waals surface area contributed by atoms with Gasteiger partial charge in [-0.1, -0.05) is 27.7 Å². The summed E-state index contributed by atoms with van der Waals surface area (Å²) in [5, 5.41) is 10.1. The average Bonchev–Trinajstić information content (AvgIpc) is 2.28. The highest BCUT2D eigenvalue weighted by atomic mass is 16.5. The molecular formula is C15H31NO2. The normalized spacial score (nSPS) is 23.8. The first kappa shape index (κ1) is 15.9. The number of aliphatic hydroxyl groups is 1. The number of hydrogen-bond donors (Lipinski definition) is 1. The first-order chi connectivity index (χ1) is 8.49. The standard InChI is InChI=1S/C15H31NO2/c1-12(2)6-5-7-16-8-9-18-15(11-16)14(17)10-13(3)4/h12-15,17H,5-11H2,1-4H3. The van der Waals surface area contributed by atoms with Crippen molar-refractivity contribution in [3.8, 4) is 0 Å². The van der Waals surface area contributed by atoms with Crippen LogP contribution in [0.1, 0.15) is 47.0 Å². The van der Waals surface area contributed by atoms with Crippen LogP contribution in [-0.4, -0.2) is 48.5 Å². The molecule has 1 aliphatic rings. The Bertz CT molecular complexity index is 219. The molecule has 0 spiro atoms. The lowest BCUT2D eigenvalue weighted by Gasteiger charge is -2.35. The van der Waals surface area contributed by atoms with E-state index in [2.05, 4.69) is 32.6 Å². The molecular weight excluding hydrogens is 226 g/mol. The van der Waals surface area contributed by atoms with Crippen LogP contribution in [0, 0.1) is 11.8 Å². The molecule has 3 nitrogen and oxygen atoms in total. The lowest BCUT2D eigenvalue weighted by Crippen LogP contribution is -2.48. The molecule has 1 heterocycles. The highest BCUT2D eigenvalue weighted by Gasteiger charge is 2.26. The van der Waals surface area contributed by atoms with Gasteiger partial charge in [-0.15, -0.1) is 0 Å². The third-order valence-corrected chi connectivity index (χ3v) is 3.58. The molecule has 1 N–H and O–H groups in total. The fraction of sp³-hybridized carbons (Fsp3) is 1.00. The zero-order valence-corrected chi connectivity index (χ0v) is 12.6. The number of aliphatic hydroxyl groups excluding tert-OH is 1. The van der Waals surface area contributed by atoms with Gasteiger partial charge in [0.1, 0.15) is 0 Å². The molecule has 1 rings (SSSR count). The van der Waals surface area contributed by atoms with E-state index in [4.69, 9.17) is 4.74 Å². The predicted octanol–water partition coefficient (Wildman–Crippen LogP) is 2.53. The van der Waals surface area contributed by atoms with Gasteiger partial charge in [0.2, 0.25) is 0 Å². The Balaban J connectivity index is 2.27. The quantitative estimate of drug-likeness (QED) is 0.761. The number of morpholine rings is 1. The van der Waals surface area contributed by atoms with Gasteiger partial charge in [-0.05, 0) is 37.6 Å².